The topological polar surface area (TPSA) is 171 Å². The number of H-pyrrole nitrogens is 1. The molecule has 0 fully saturated rings. The standard InChI is InChI=1S/C28H23ClF3N9O3S/c29-22-10-7-17(12-21(22)28(30,31)32)37-27(42)36-16-5-8-19(9-6-16)45(43,44)41-14-18(11-15-3-1-2-4-23(15)41)35-24-20-13-34-40-25(20)39-26(33)38-24/h1-10,12-13,18H,11,14H2,(H2,36,37,42)(H4,33,34,35,38,39,40). The molecule has 1 aliphatic heterocycles. The Bertz CT molecular complexity index is 2020. The summed E-state index contributed by atoms with van der Waals surface area (Å²) in [4.78, 5) is 20.8. The molecule has 45 heavy (non-hydrogen) atoms. The van der Waals surface area contributed by atoms with Crippen LogP contribution in [-0.4, -0.2) is 47.2 Å². The molecule has 232 valence electrons. The number of nitrogens with one attached hydrogen (secondary N) is 4. The van der Waals surface area contributed by atoms with Crippen LogP contribution in [-0.2, 0) is 22.6 Å². The van der Waals surface area contributed by atoms with Crippen molar-refractivity contribution in [2.24, 2.45) is 0 Å². The second kappa shape index (κ2) is 11.4. The van der Waals surface area contributed by atoms with Crippen molar-refractivity contribution in [3.05, 3.63) is 89.1 Å². The van der Waals surface area contributed by atoms with Gasteiger partial charge in [-0.3, -0.25) is 9.40 Å². The van der Waals surface area contributed by atoms with Gasteiger partial charge in [-0.15, -0.1) is 0 Å². The van der Waals surface area contributed by atoms with Crippen molar-refractivity contribution in [2.75, 3.05) is 32.5 Å². The highest BCUT2D eigenvalue weighted by atomic mass is 35.5. The maximum Gasteiger partial charge on any atom is 0.417 e. The molecule has 1 unspecified atom stereocenters. The van der Waals surface area contributed by atoms with Crippen LogP contribution in [0.1, 0.15) is 11.1 Å². The van der Waals surface area contributed by atoms with Crippen LogP contribution >= 0.6 is 11.6 Å². The van der Waals surface area contributed by atoms with Crippen molar-refractivity contribution in [1.82, 2.24) is 20.2 Å². The lowest BCUT2D eigenvalue weighted by atomic mass is 9.99. The number of hydrogen-bond acceptors (Lipinski definition) is 8. The van der Waals surface area contributed by atoms with Crippen LogP contribution in [0.4, 0.5) is 46.8 Å². The lowest BCUT2D eigenvalue weighted by Gasteiger charge is -2.35. The number of fused-ring (bicyclic) bond motifs is 2. The number of benzene rings is 3. The Morgan fingerprint density at radius 1 is 1.02 bits per heavy atom. The number of aromatic amines is 1. The van der Waals surface area contributed by atoms with Gasteiger partial charge in [-0.1, -0.05) is 29.8 Å². The van der Waals surface area contributed by atoms with Crippen LogP contribution < -0.4 is 26.0 Å². The van der Waals surface area contributed by atoms with Gasteiger partial charge in [0.05, 0.1) is 45.3 Å². The third-order valence-electron chi connectivity index (χ3n) is 7.01. The van der Waals surface area contributed by atoms with E-state index in [1.807, 2.05) is 12.1 Å². The zero-order valence-electron chi connectivity index (χ0n) is 22.9. The van der Waals surface area contributed by atoms with Crippen LogP contribution in [0.5, 0.6) is 0 Å². The minimum atomic E-state index is -4.70. The number of rotatable bonds is 6. The largest absolute Gasteiger partial charge is 0.417 e. The fourth-order valence-corrected chi connectivity index (χ4v) is 6.76. The Morgan fingerprint density at radius 3 is 2.49 bits per heavy atom. The Kier molecular flexibility index (Phi) is 7.62. The van der Waals surface area contributed by atoms with Gasteiger partial charge in [0.25, 0.3) is 10.0 Å². The fraction of sp³-hybridized carbons (Fsp3) is 0.143. The van der Waals surface area contributed by atoms with Crippen LogP contribution in [0.3, 0.4) is 0 Å². The second-order valence-electron chi connectivity index (χ2n) is 10.1. The van der Waals surface area contributed by atoms with Gasteiger partial charge in [0.2, 0.25) is 5.95 Å². The smallest absolute Gasteiger partial charge is 0.368 e. The van der Waals surface area contributed by atoms with E-state index in [2.05, 4.69) is 36.1 Å². The molecule has 5 aromatic rings. The molecule has 17 heteroatoms. The summed E-state index contributed by atoms with van der Waals surface area (Å²) in [6.45, 7) is 0.0615. The Balaban J connectivity index is 1.20. The van der Waals surface area contributed by atoms with E-state index in [1.54, 1.807) is 18.3 Å². The van der Waals surface area contributed by atoms with E-state index >= 15 is 0 Å². The number of carbonyl (C=O) groups is 1. The monoisotopic (exact) mass is 657 g/mol. The van der Waals surface area contributed by atoms with E-state index in [1.165, 1.54) is 34.6 Å². The zero-order chi connectivity index (χ0) is 31.9. The molecule has 2 amide bonds. The number of amides is 2. The lowest BCUT2D eigenvalue weighted by molar-refractivity contribution is -0.137. The number of para-hydroxylation sites is 1. The SMILES string of the molecule is Nc1nc(NC2Cc3ccccc3N(S(=O)(=O)c3ccc(NC(=O)Nc4ccc(Cl)c(C(F)(F)F)c4)cc3)C2)c2cn[nH]c2n1. The number of alkyl halides is 3. The summed E-state index contributed by atoms with van der Waals surface area (Å²) in [5.74, 6) is 0.437. The average Bonchev–Trinajstić information content (AvgIpc) is 3.46. The number of anilines is 5. The summed E-state index contributed by atoms with van der Waals surface area (Å²) in [6, 6.07) is 14.3. The van der Waals surface area contributed by atoms with Gasteiger partial charge in [-0.2, -0.15) is 28.2 Å². The van der Waals surface area contributed by atoms with Gasteiger partial charge in [0.15, 0.2) is 5.65 Å². The van der Waals surface area contributed by atoms with Crippen molar-refractivity contribution < 1.29 is 26.4 Å². The van der Waals surface area contributed by atoms with Gasteiger partial charge < -0.3 is 21.7 Å². The number of sulfonamides is 1. The molecule has 3 aromatic carbocycles. The van der Waals surface area contributed by atoms with Crippen molar-refractivity contribution in [2.45, 2.75) is 23.5 Å². The molecule has 0 bridgehead atoms. The van der Waals surface area contributed by atoms with E-state index in [-0.39, 0.29) is 28.8 Å². The van der Waals surface area contributed by atoms with Crippen molar-refractivity contribution in [3.63, 3.8) is 0 Å². The second-order valence-corrected chi connectivity index (χ2v) is 12.3. The third-order valence-corrected chi connectivity index (χ3v) is 9.13. The molecule has 0 saturated carbocycles. The van der Waals surface area contributed by atoms with Gasteiger partial charge in [-0.05, 0) is 60.5 Å². The van der Waals surface area contributed by atoms with Crippen molar-refractivity contribution in [3.8, 4) is 0 Å². The Labute approximate surface area is 258 Å². The predicted octanol–water partition coefficient (Wildman–Crippen LogP) is 5.48. The summed E-state index contributed by atoms with van der Waals surface area (Å²) in [5.41, 5.74) is 6.59. The molecule has 6 N–H and O–H groups in total. The number of nitrogens with zero attached hydrogens (tertiary/aromatic N) is 4. The third kappa shape index (κ3) is 6.14. The number of carbonyl (C=O) groups excluding carboxylic acids is 1. The summed E-state index contributed by atoms with van der Waals surface area (Å²) >= 11 is 5.63. The number of nitrogens with two attached hydrogens (primary N) is 1. The van der Waals surface area contributed by atoms with Gasteiger partial charge in [0, 0.05) is 11.4 Å². The minimum Gasteiger partial charge on any atom is -0.368 e. The van der Waals surface area contributed by atoms with E-state index in [0.29, 0.717) is 35.0 Å². The number of nitrogen functional groups attached to an aromatic ring is 1. The molecule has 2 aromatic heterocycles. The summed E-state index contributed by atoms with van der Waals surface area (Å²) in [5, 5.41) is 14.9. The maximum atomic E-state index is 13.9. The predicted molar refractivity (Wildman–Crippen MR) is 164 cm³/mol. The average molecular weight is 658 g/mol. The molecule has 0 saturated heterocycles. The zero-order valence-corrected chi connectivity index (χ0v) is 24.5. The number of hydrogen-bond donors (Lipinski definition) is 5. The highest BCUT2D eigenvalue weighted by Crippen LogP contribution is 2.37. The summed E-state index contributed by atoms with van der Waals surface area (Å²) in [7, 11) is -4.09. The molecular formula is C28H23ClF3N9O3S. The first-order valence-corrected chi connectivity index (χ1v) is 15.1. The highest BCUT2D eigenvalue weighted by Gasteiger charge is 2.35. The van der Waals surface area contributed by atoms with Gasteiger partial charge in [0.1, 0.15) is 5.82 Å². The number of halogens is 4. The van der Waals surface area contributed by atoms with Crippen LogP contribution in [0.15, 0.2) is 77.8 Å². The molecule has 0 aliphatic carbocycles. The first-order chi connectivity index (χ1) is 21.4. The summed E-state index contributed by atoms with van der Waals surface area (Å²) in [6.07, 6.45) is -2.65. The quantitative estimate of drug-likeness (QED) is 0.160. The summed E-state index contributed by atoms with van der Waals surface area (Å²) < 4.78 is 68.6. The maximum absolute atomic E-state index is 13.9. The van der Waals surface area contributed by atoms with Crippen LogP contribution in [0, 0.1) is 0 Å². The molecule has 1 aliphatic rings. The van der Waals surface area contributed by atoms with E-state index in [9.17, 15) is 26.4 Å². The van der Waals surface area contributed by atoms with Crippen molar-refractivity contribution >= 4 is 67.5 Å². The number of urea groups is 1. The first-order valence-electron chi connectivity index (χ1n) is 13.3. The van der Waals surface area contributed by atoms with Gasteiger partial charge in [-0.25, -0.2) is 13.2 Å². The van der Waals surface area contributed by atoms with E-state index in [0.717, 1.165) is 11.6 Å². The molecule has 6 rings (SSSR count). The molecule has 12 nitrogen and oxygen atoms in total. The highest BCUT2D eigenvalue weighted by molar-refractivity contribution is 7.92. The van der Waals surface area contributed by atoms with E-state index < -0.39 is 38.9 Å². The van der Waals surface area contributed by atoms with Crippen LogP contribution in [0.25, 0.3) is 11.0 Å². The molecule has 0 radical (unpaired) electrons. The Hall–Kier alpha value is -5.09. The molecule has 3 heterocycles. The molecule has 0 spiro atoms. The minimum absolute atomic E-state index is 0.0246. The molecule has 1 atom stereocenters. The Morgan fingerprint density at radius 2 is 1.73 bits per heavy atom. The van der Waals surface area contributed by atoms with Gasteiger partial charge >= 0.3 is 12.2 Å². The van der Waals surface area contributed by atoms with Crippen molar-refractivity contribution in [1.29, 1.82) is 0 Å². The van der Waals surface area contributed by atoms with Crippen LogP contribution in [0.2, 0.25) is 5.02 Å². The van der Waals surface area contributed by atoms with E-state index in [4.69, 9.17) is 17.3 Å². The first kappa shape index (κ1) is 30.0. The fourth-order valence-electron chi connectivity index (χ4n) is 4.99. The molecular weight excluding hydrogens is 635 g/mol. The number of aromatic nitrogens is 4. The lowest BCUT2D eigenvalue weighted by Crippen LogP contribution is -2.45. The normalized spacial score (nSPS) is 15.0.